The Morgan fingerprint density at radius 2 is 2.20 bits per heavy atom. The highest BCUT2D eigenvalue weighted by Gasteiger charge is 2.16. The second kappa shape index (κ2) is 6.23. The van der Waals surface area contributed by atoms with Crippen molar-refractivity contribution >= 4 is 21.6 Å². The molecule has 0 bridgehead atoms. The molecule has 20 heavy (non-hydrogen) atoms. The van der Waals surface area contributed by atoms with Crippen molar-refractivity contribution in [3.63, 3.8) is 0 Å². The van der Waals surface area contributed by atoms with E-state index in [2.05, 4.69) is 10.6 Å². The highest BCUT2D eigenvalue weighted by molar-refractivity contribution is 7.89. The van der Waals surface area contributed by atoms with Crippen LogP contribution >= 0.6 is 0 Å². The van der Waals surface area contributed by atoms with E-state index in [0.717, 1.165) is 30.6 Å². The number of nitrogens with one attached hydrogen (secondary N) is 2. The van der Waals surface area contributed by atoms with E-state index in [1.54, 1.807) is 6.07 Å². The Labute approximate surface area is 118 Å². The van der Waals surface area contributed by atoms with E-state index >= 15 is 0 Å². The molecule has 0 saturated carbocycles. The Hall–Kier alpha value is -1.60. The smallest absolute Gasteiger partial charge is 0.251 e. The lowest BCUT2D eigenvalue weighted by Crippen LogP contribution is -2.28. The highest BCUT2D eigenvalue weighted by atomic mass is 32.2. The van der Waals surface area contributed by atoms with Crippen LogP contribution in [0.15, 0.2) is 18.2 Å². The quantitative estimate of drug-likeness (QED) is 0.687. The van der Waals surface area contributed by atoms with Crippen LogP contribution in [0.3, 0.4) is 0 Å². The SMILES string of the molecule is NS(=O)(=O)CCCNC(=O)c1cccc2c1CCCN2. The Kier molecular flexibility index (Phi) is 4.61. The van der Waals surface area contributed by atoms with E-state index in [1.807, 2.05) is 12.1 Å². The van der Waals surface area contributed by atoms with Gasteiger partial charge in [-0.05, 0) is 37.0 Å². The van der Waals surface area contributed by atoms with Crippen molar-refractivity contribution < 1.29 is 13.2 Å². The Morgan fingerprint density at radius 1 is 1.40 bits per heavy atom. The zero-order chi connectivity index (χ0) is 14.6. The molecule has 1 aromatic carbocycles. The summed E-state index contributed by atoms with van der Waals surface area (Å²) >= 11 is 0. The summed E-state index contributed by atoms with van der Waals surface area (Å²) in [6, 6.07) is 5.60. The van der Waals surface area contributed by atoms with Gasteiger partial charge in [0.15, 0.2) is 0 Å². The van der Waals surface area contributed by atoms with Gasteiger partial charge in [0.1, 0.15) is 0 Å². The van der Waals surface area contributed by atoms with Crippen molar-refractivity contribution in [2.75, 3.05) is 24.2 Å². The highest BCUT2D eigenvalue weighted by Crippen LogP contribution is 2.25. The lowest BCUT2D eigenvalue weighted by molar-refractivity contribution is 0.0952. The number of carbonyl (C=O) groups excluding carboxylic acids is 1. The summed E-state index contributed by atoms with van der Waals surface area (Å²) in [6.45, 7) is 1.22. The molecule has 1 heterocycles. The van der Waals surface area contributed by atoms with Crippen LogP contribution in [0, 0.1) is 0 Å². The molecular weight excluding hydrogens is 278 g/mol. The molecule has 0 radical (unpaired) electrons. The molecule has 0 spiro atoms. The van der Waals surface area contributed by atoms with Crippen LogP contribution in [-0.2, 0) is 16.4 Å². The molecule has 1 aliphatic rings. The molecule has 0 aliphatic carbocycles. The molecule has 6 nitrogen and oxygen atoms in total. The van der Waals surface area contributed by atoms with Crippen LogP contribution in [0.1, 0.15) is 28.8 Å². The maximum absolute atomic E-state index is 12.1. The summed E-state index contributed by atoms with van der Waals surface area (Å²) in [5.41, 5.74) is 2.70. The largest absolute Gasteiger partial charge is 0.385 e. The van der Waals surface area contributed by atoms with E-state index in [4.69, 9.17) is 5.14 Å². The maximum atomic E-state index is 12.1. The number of nitrogens with two attached hydrogens (primary N) is 1. The van der Waals surface area contributed by atoms with Crippen LogP contribution in [0.2, 0.25) is 0 Å². The zero-order valence-corrected chi connectivity index (χ0v) is 12.0. The standard InChI is InChI=1S/C13H19N3O3S/c14-20(18,19)9-3-8-16-13(17)11-4-1-6-12-10(11)5-2-7-15-12/h1,4,6,15H,2-3,5,7-9H2,(H,16,17)(H2,14,18,19). The van der Waals surface area contributed by atoms with Crippen molar-refractivity contribution in [1.82, 2.24) is 5.32 Å². The molecule has 1 aliphatic heterocycles. The molecule has 0 fully saturated rings. The molecule has 1 aromatic rings. The molecule has 0 aromatic heterocycles. The van der Waals surface area contributed by atoms with E-state index in [9.17, 15) is 13.2 Å². The average molecular weight is 297 g/mol. The molecule has 110 valence electrons. The summed E-state index contributed by atoms with van der Waals surface area (Å²) in [6.07, 6.45) is 2.20. The fourth-order valence-electron chi connectivity index (χ4n) is 2.29. The molecule has 7 heteroatoms. The summed E-state index contributed by atoms with van der Waals surface area (Å²) in [5.74, 6) is -0.290. The van der Waals surface area contributed by atoms with Gasteiger partial charge in [-0.3, -0.25) is 4.79 Å². The van der Waals surface area contributed by atoms with E-state index < -0.39 is 10.0 Å². The molecule has 1 amide bonds. The lowest BCUT2D eigenvalue weighted by atomic mass is 9.97. The third kappa shape index (κ3) is 3.94. The summed E-state index contributed by atoms with van der Waals surface area (Å²) in [4.78, 5) is 12.1. The number of sulfonamides is 1. The summed E-state index contributed by atoms with van der Waals surface area (Å²) in [5, 5.41) is 10.9. The number of fused-ring (bicyclic) bond motifs is 1. The van der Waals surface area contributed by atoms with E-state index in [1.165, 1.54) is 0 Å². The minimum atomic E-state index is -3.46. The fourth-order valence-corrected chi connectivity index (χ4v) is 2.84. The number of hydrogen-bond donors (Lipinski definition) is 3. The maximum Gasteiger partial charge on any atom is 0.251 e. The minimum absolute atomic E-state index is 0.123. The van der Waals surface area contributed by atoms with Gasteiger partial charge < -0.3 is 10.6 Å². The van der Waals surface area contributed by atoms with Crippen LogP contribution in [0.25, 0.3) is 0 Å². The Morgan fingerprint density at radius 3 is 2.95 bits per heavy atom. The average Bonchev–Trinajstić information content (AvgIpc) is 2.41. The molecule has 0 unspecified atom stereocenters. The van der Waals surface area contributed by atoms with Gasteiger partial charge in [0.2, 0.25) is 10.0 Å². The van der Waals surface area contributed by atoms with Crippen molar-refractivity contribution in [3.05, 3.63) is 29.3 Å². The molecule has 2 rings (SSSR count). The molecular formula is C13H19N3O3S. The summed E-state index contributed by atoms with van der Waals surface area (Å²) in [7, 11) is -3.46. The molecule has 0 atom stereocenters. The van der Waals surface area contributed by atoms with Crippen LogP contribution in [-0.4, -0.2) is 33.2 Å². The van der Waals surface area contributed by atoms with Gasteiger partial charge in [0.05, 0.1) is 5.75 Å². The van der Waals surface area contributed by atoms with Crippen LogP contribution < -0.4 is 15.8 Å². The number of anilines is 1. The van der Waals surface area contributed by atoms with Gasteiger partial charge >= 0.3 is 0 Å². The first-order valence-electron chi connectivity index (χ1n) is 6.62. The monoisotopic (exact) mass is 297 g/mol. The van der Waals surface area contributed by atoms with Gasteiger partial charge in [-0.1, -0.05) is 6.07 Å². The van der Waals surface area contributed by atoms with E-state index in [0.29, 0.717) is 18.5 Å². The van der Waals surface area contributed by atoms with Gasteiger partial charge in [-0.15, -0.1) is 0 Å². The number of benzene rings is 1. The third-order valence-corrected chi connectivity index (χ3v) is 4.09. The number of hydrogen-bond acceptors (Lipinski definition) is 4. The predicted octanol–water partition coefficient (Wildman–Crippen LogP) is 0.453. The first-order valence-corrected chi connectivity index (χ1v) is 8.33. The third-order valence-electron chi connectivity index (χ3n) is 3.23. The normalized spacial score (nSPS) is 14.2. The van der Waals surface area contributed by atoms with Gasteiger partial charge in [-0.25, -0.2) is 13.6 Å². The minimum Gasteiger partial charge on any atom is -0.385 e. The van der Waals surface area contributed by atoms with Gasteiger partial charge in [0.25, 0.3) is 5.91 Å². The number of carbonyl (C=O) groups is 1. The number of primary sulfonamides is 1. The topological polar surface area (TPSA) is 101 Å². The molecule has 0 saturated heterocycles. The van der Waals surface area contributed by atoms with Crippen LogP contribution in [0.4, 0.5) is 5.69 Å². The van der Waals surface area contributed by atoms with E-state index in [-0.39, 0.29) is 11.7 Å². The lowest BCUT2D eigenvalue weighted by Gasteiger charge is -2.20. The number of amides is 1. The second-order valence-corrected chi connectivity index (χ2v) is 6.57. The van der Waals surface area contributed by atoms with Crippen molar-refractivity contribution in [3.8, 4) is 0 Å². The van der Waals surface area contributed by atoms with Crippen molar-refractivity contribution in [1.29, 1.82) is 0 Å². The Balaban J connectivity index is 1.96. The fraction of sp³-hybridized carbons (Fsp3) is 0.462. The second-order valence-electron chi connectivity index (χ2n) is 4.84. The predicted molar refractivity (Wildman–Crippen MR) is 78.2 cm³/mol. The van der Waals surface area contributed by atoms with Crippen molar-refractivity contribution in [2.45, 2.75) is 19.3 Å². The first kappa shape index (κ1) is 14.8. The van der Waals surface area contributed by atoms with Gasteiger partial charge in [-0.2, -0.15) is 0 Å². The summed E-state index contributed by atoms with van der Waals surface area (Å²) < 4.78 is 21.6. The van der Waals surface area contributed by atoms with Gasteiger partial charge in [0, 0.05) is 24.3 Å². The molecule has 4 N–H and O–H groups in total. The zero-order valence-electron chi connectivity index (χ0n) is 11.2. The first-order chi connectivity index (χ1) is 9.47. The number of rotatable bonds is 5. The van der Waals surface area contributed by atoms with Crippen LogP contribution in [0.5, 0.6) is 0 Å². The van der Waals surface area contributed by atoms with Crippen molar-refractivity contribution in [2.24, 2.45) is 5.14 Å². The Bertz CT molecular complexity index is 599.